The minimum Gasteiger partial charge on any atom is -0.458 e. The Hall–Kier alpha value is -1.59. The summed E-state index contributed by atoms with van der Waals surface area (Å²) in [5.41, 5.74) is -1.40. The van der Waals surface area contributed by atoms with Gasteiger partial charge in [0.2, 0.25) is 5.91 Å². The lowest BCUT2D eigenvalue weighted by atomic mass is 9.93. The van der Waals surface area contributed by atoms with E-state index in [1.165, 1.54) is 0 Å². The van der Waals surface area contributed by atoms with Crippen LogP contribution in [0.3, 0.4) is 0 Å². The van der Waals surface area contributed by atoms with E-state index in [-0.39, 0.29) is 17.7 Å². The highest BCUT2D eigenvalue weighted by molar-refractivity contribution is 6.01. The van der Waals surface area contributed by atoms with Gasteiger partial charge in [0.1, 0.15) is 17.2 Å². The summed E-state index contributed by atoms with van der Waals surface area (Å²) in [6.45, 7) is 10.5. The summed E-state index contributed by atoms with van der Waals surface area (Å²) in [6.07, 6.45) is 1.59. The Morgan fingerprint density at radius 2 is 1.57 bits per heavy atom. The fourth-order valence-electron chi connectivity index (χ4n) is 3.34. The third-order valence-corrected chi connectivity index (χ3v) is 4.05. The molecular formula is C17H27NO5. The number of hydrogen-bond acceptors (Lipinski definition) is 5. The van der Waals surface area contributed by atoms with Crippen LogP contribution >= 0.6 is 0 Å². The van der Waals surface area contributed by atoms with Gasteiger partial charge in [-0.3, -0.25) is 4.79 Å². The topological polar surface area (TPSA) is 72.9 Å². The minimum atomic E-state index is -0.871. The molecule has 1 aliphatic heterocycles. The van der Waals surface area contributed by atoms with Gasteiger partial charge in [-0.15, -0.1) is 0 Å². The highest BCUT2D eigenvalue weighted by atomic mass is 16.6. The zero-order valence-electron chi connectivity index (χ0n) is 14.8. The summed E-state index contributed by atoms with van der Waals surface area (Å²) in [5.74, 6) is -1.27. The third kappa shape index (κ3) is 3.85. The number of carbonyl (C=O) groups excluding carboxylic acids is 3. The molecular weight excluding hydrogens is 298 g/mol. The van der Waals surface area contributed by atoms with Crippen LogP contribution in [0.5, 0.6) is 0 Å². The first-order valence-corrected chi connectivity index (χ1v) is 8.19. The fraction of sp³-hybridized carbons (Fsp3) is 0.824. The highest BCUT2D eigenvalue weighted by Gasteiger charge is 2.57. The van der Waals surface area contributed by atoms with Gasteiger partial charge in [-0.25, -0.2) is 14.5 Å². The SMILES string of the molecule is CC(C)(C)OC(=O)[C@@H]1[C@H]2CCC[C@H]2C(=O)N1C(=O)OC(C)(C)C. The maximum absolute atomic E-state index is 12.6. The summed E-state index contributed by atoms with van der Waals surface area (Å²) in [6, 6.07) is -0.871. The molecule has 2 rings (SSSR count). The number of hydrogen-bond donors (Lipinski definition) is 0. The Labute approximate surface area is 137 Å². The first-order valence-electron chi connectivity index (χ1n) is 8.19. The predicted octanol–water partition coefficient (Wildman–Crippen LogP) is 2.89. The Morgan fingerprint density at radius 1 is 1.00 bits per heavy atom. The van der Waals surface area contributed by atoms with E-state index in [0.29, 0.717) is 6.42 Å². The fourth-order valence-corrected chi connectivity index (χ4v) is 3.34. The van der Waals surface area contributed by atoms with Crippen molar-refractivity contribution in [1.82, 2.24) is 4.90 Å². The van der Waals surface area contributed by atoms with Crippen molar-refractivity contribution in [3.05, 3.63) is 0 Å². The van der Waals surface area contributed by atoms with Crippen molar-refractivity contribution < 1.29 is 23.9 Å². The number of carbonyl (C=O) groups is 3. The summed E-state index contributed by atoms with van der Waals surface area (Å²) >= 11 is 0. The number of amides is 2. The van der Waals surface area contributed by atoms with Crippen LogP contribution in [-0.4, -0.2) is 40.1 Å². The zero-order valence-corrected chi connectivity index (χ0v) is 14.8. The van der Waals surface area contributed by atoms with Gasteiger partial charge in [0.25, 0.3) is 0 Å². The summed E-state index contributed by atoms with van der Waals surface area (Å²) < 4.78 is 10.8. The molecule has 2 aliphatic rings. The van der Waals surface area contributed by atoms with Gasteiger partial charge in [0.15, 0.2) is 0 Å². The smallest absolute Gasteiger partial charge is 0.417 e. The van der Waals surface area contributed by atoms with Crippen molar-refractivity contribution in [1.29, 1.82) is 0 Å². The van der Waals surface area contributed by atoms with Crippen LogP contribution in [0.1, 0.15) is 60.8 Å². The maximum Gasteiger partial charge on any atom is 0.417 e. The van der Waals surface area contributed by atoms with E-state index in [4.69, 9.17) is 9.47 Å². The van der Waals surface area contributed by atoms with Crippen LogP contribution in [0.25, 0.3) is 0 Å². The van der Waals surface area contributed by atoms with Crippen molar-refractivity contribution >= 4 is 18.0 Å². The molecule has 0 N–H and O–H groups in total. The van der Waals surface area contributed by atoms with E-state index in [9.17, 15) is 14.4 Å². The number of likely N-dealkylation sites (tertiary alicyclic amines) is 1. The number of imide groups is 1. The molecule has 23 heavy (non-hydrogen) atoms. The van der Waals surface area contributed by atoms with Gasteiger partial charge < -0.3 is 9.47 Å². The molecule has 0 aromatic heterocycles. The van der Waals surface area contributed by atoms with Crippen LogP contribution in [-0.2, 0) is 19.1 Å². The van der Waals surface area contributed by atoms with Crippen molar-refractivity contribution in [2.24, 2.45) is 11.8 Å². The lowest BCUT2D eigenvalue weighted by Gasteiger charge is -2.30. The average molecular weight is 325 g/mol. The van der Waals surface area contributed by atoms with E-state index < -0.39 is 29.3 Å². The van der Waals surface area contributed by atoms with E-state index >= 15 is 0 Å². The molecule has 1 aliphatic carbocycles. The van der Waals surface area contributed by atoms with Crippen LogP contribution in [0.15, 0.2) is 0 Å². The average Bonchev–Trinajstić information content (AvgIpc) is 2.86. The van der Waals surface area contributed by atoms with Gasteiger partial charge in [-0.1, -0.05) is 6.42 Å². The van der Waals surface area contributed by atoms with Gasteiger partial charge >= 0.3 is 12.1 Å². The molecule has 6 heteroatoms. The molecule has 2 amide bonds. The summed E-state index contributed by atoms with van der Waals surface area (Å²) in [4.78, 5) is 38.7. The largest absolute Gasteiger partial charge is 0.458 e. The van der Waals surface area contributed by atoms with Crippen LogP contribution in [0.4, 0.5) is 4.79 Å². The maximum atomic E-state index is 12.6. The standard InChI is InChI=1S/C17H27NO5/c1-16(2,3)22-14(20)12-10-8-7-9-11(10)13(19)18(12)15(21)23-17(4,5)6/h10-12H,7-9H2,1-6H3/t10-,11+,12-/m0/s1. The molecule has 1 heterocycles. The molecule has 2 fully saturated rings. The van der Waals surface area contributed by atoms with E-state index in [0.717, 1.165) is 17.7 Å². The van der Waals surface area contributed by atoms with Crippen LogP contribution in [0, 0.1) is 11.8 Å². The van der Waals surface area contributed by atoms with Gasteiger partial charge in [-0.05, 0) is 54.4 Å². The second-order valence-corrected chi connectivity index (χ2v) is 8.37. The number of ether oxygens (including phenoxy) is 2. The summed E-state index contributed by atoms with van der Waals surface area (Å²) in [5, 5.41) is 0. The quantitative estimate of drug-likeness (QED) is 0.693. The second kappa shape index (κ2) is 5.80. The molecule has 3 atom stereocenters. The van der Waals surface area contributed by atoms with Crippen molar-refractivity contribution in [2.75, 3.05) is 0 Å². The molecule has 0 radical (unpaired) electrons. The number of rotatable bonds is 1. The van der Waals surface area contributed by atoms with Gasteiger partial charge in [-0.2, -0.15) is 0 Å². The molecule has 0 aromatic rings. The molecule has 6 nitrogen and oxygen atoms in total. The molecule has 130 valence electrons. The molecule has 0 bridgehead atoms. The monoisotopic (exact) mass is 325 g/mol. The van der Waals surface area contributed by atoms with Crippen molar-refractivity contribution in [3.63, 3.8) is 0 Å². The van der Waals surface area contributed by atoms with E-state index in [1.807, 2.05) is 0 Å². The van der Waals surface area contributed by atoms with E-state index in [2.05, 4.69) is 0 Å². The molecule has 0 aromatic carbocycles. The molecule has 1 saturated carbocycles. The predicted molar refractivity (Wildman–Crippen MR) is 83.5 cm³/mol. The zero-order chi connectivity index (χ0) is 17.6. The normalized spacial score (nSPS) is 27.8. The van der Waals surface area contributed by atoms with E-state index in [1.54, 1.807) is 41.5 Å². The number of nitrogens with zero attached hydrogens (tertiary/aromatic N) is 1. The van der Waals surface area contributed by atoms with Crippen LogP contribution in [0.2, 0.25) is 0 Å². The third-order valence-electron chi connectivity index (χ3n) is 4.05. The highest BCUT2D eigenvalue weighted by Crippen LogP contribution is 2.44. The van der Waals surface area contributed by atoms with Crippen molar-refractivity contribution in [3.8, 4) is 0 Å². The molecule has 1 saturated heterocycles. The van der Waals surface area contributed by atoms with Gasteiger partial charge in [0, 0.05) is 11.8 Å². The Morgan fingerprint density at radius 3 is 2.09 bits per heavy atom. The molecule has 0 unspecified atom stereocenters. The van der Waals surface area contributed by atoms with Crippen molar-refractivity contribution in [2.45, 2.75) is 78.0 Å². The molecule has 0 spiro atoms. The lowest BCUT2D eigenvalue weighted by molar-refractivity contribution is -0.163. The Bertz CT molecular complexity index is 514. The first-order chi connectivity index (χ1) is 10.4. The Balaban J connectivity index is 2.28. The Kier molecular flexibility index (Phi) is 4.48. The second-order valence-electron chi connectivity index (χ2n) is 8.37. The first kappa shape index (κ1) is 17.8. The number of esters is 1. The number of fused-ring (bicyclic) bond motifs is 1. The summed E-state index contributed by atoms with van der Waals surface area (Å²) in [7, 11) is 0. The lowest BCUT2D eigenvalue weighted by Crippen LogP contribution is -2.49. The van der Waals surface area contributed by atoms with Gasteiger partial charge in [0.05, 0.1) is 0 Å². The van der Waals surface area contributed by atoms with Crippen LogP contribution < -0.4 is 0 Å². The minimum absolute atomic E-state index is 0.162.